The summed E-state index contributed by atoms with van der Waals surface area (Å²) in [6.07, 6.45) is -0.923. The zero-order valence-corrected chi connectivity index (χ0v) is 16.2. The van der Waals surface area contributed by atoms with Crippen molar-refractivity contribution >= 4 is 11.8 Å². The third kappa shape index (κ3) is 5.37. The molecule has 2 N–H and O–H groups in total. The van der Waals surface area contributed by atoms with Crippen LogP contribution in [0.1, 0.15) is 38.0 Å². The Bertz CT molecular complexity index is 815. The van der Waals surface area contributed by atoms with Crippen molar-refractivity contribution in [3.63, 3.8) is 0 Å². The Morgan fingerprint density at radius 3 is 2.68 bits per heavy atom. The molecule has 1 aliphatic heterocycles. The third-order valence-electron chi connectivity index (χ3n) is 4.67. The number of aliphatic hydroxyl groups is 1. The second-order valence-electron chi connectivity index (χ2n) is 6.86. The summed E-state index contributed by atoms with van der Waals surface area (Å²) < 4.78 is 17.2. The number of hydrogen-bond acceptors (Lipinski definition) is 8. The summed E-state index contributed by atoms with van der Waals surface area (Å²) in [5, 5.41) is 10.6. The smallest absolute Gasteiger partial charge is 0.330 e. The average molecular weight is 398 g/mol. The van der Waals surface area contributed by atoms with E-state index < -0.39 is 41.6 Å². The highest BCUT2D eigenvalue weighted by molar-refractivity contribution is 5.80. The number of ether oxygens (including phenoxy) is 3. The molecule has 0 bridgehead atoms. The van der Waals surface area contributed by atoms with Crippen LogP contribution in [0.3, 0.4) is 0 Å². The Kier molecular flexibility index (Phi) is 7.67. The van der Waals surface area contributed by atoms with Gasteiger partial charge < -0.3 is 24.1 Å². The average Bonchev–Trinajstić information content (AvgIpc) is 2.95. The summed E-state index contributed by atoms with van der Waals surface area (Å²) in [4.78, 5) is 48.7. The molecule has 156 valence electrons. The number of esters is 1. The van der Waals surface area contributed by atoms with Gasteiger partial charge in [0.1, 0.15) is 24.7 Å². The molecule has 0 amide bonds. The predicted octanol–water partition coefficient (Wildman–Crippen LogP) is -0.332. The summed E-state index contributed by atoms with van der Waals surface area (Å²) >= 11 is 0. The van der Waals surface area contributed by atoms with E-state index >= 15 is 0 Å². The van der Waals surface area contributed by atoms with E-state index in [1.165, 1.54) is 24.8 Å². The van der Waals surface area contributed by atoms with Gasteiger partial charge in [-0.15, -0.1) is 0 Å². The van der Waals surface area contributed by atoms with E-state index in [1.54, 1.807) is 6.92 Å². The Morgan fingerprint density at radius 2 is 2.04 bits per heavy atom. The SMILES string of the molecule is COCC[C@@H]1[C@H](O)[C@@H](COC(=O)CCC(C)=O)O[C@H]1n1cc(C)c(=O)[nH]c1=O. The quantitative estimate of drug-likeness (QED) is 0.540. The van der Waals surface area contributed by atoms with E-state index in [-0.39, 0.29) is 25.2 Å². The molecular weight excluding hydrogens is 372 g/mol. The highest BCUT2D eigenvalue weighted by Gasteiger charge is 2.45. The van der Waals surface area contributed by atoms with Gasteiger partial charge in [0.2, 0.25) is 0 Å². The van der Waals surface area contributed by atoms with Crippen molar-refractivity contribution < 1.29 is 28.9 Å². The Morgan fingerprint density at radius 1 is 1.32 bits per heavy atom. The van der Waals surface area contributed by atoms with E-state index in [0.29, 0.717) is 18.6 Å². The van der Waals surface area contributed by atoms with Crippen LogP contribution in [-0.4, -0.2) is 58.9 Å². The maximum atomic E-state index is 12.2. The Labute approximate surface area is 161 Å². The number of aromatic nitrogens is 2. The fraction of sp³-hybridized carbons (Fsp3) is 0.667. The van der Waals surface area contributed by atoms with Crippen molar-refractivity contribution in [2.45, 2.75) is 51.5 Å². The molecule has 0 aromatic carbocycles. The summed E-state index contributed by atoms with van der Waals surface area (Å²) in [7, 11) is 1.52. The molecule has 28 heavy (non-hydrogen) atoms. The number of carbonyl (C=O) groups is 2. The van der Waals surface area contributed by atoms with Gasteiger partial charge in [-0.2, -0.15) is 0 Å². The maximum Gasteiger partial charge on any atom is 0.330 e. The van der Waals surface area contributed by atoms with Crippen LogP contribution in [0, 0.1) is 12.8 Å². The van der Waals surface area contributed by atoms with Crippen LogP contribution >= 0.6 is 0 Å². The number of carbonyl (C=O) groups excluding carboxylic acids is 2. The minimum absolute atomic E-state index is 0.0484. The molecule has 0 radical (unpaired) electrons. The maximum absolute atomic E-state index is 12.2. The number of nitrogens with one attached hydrogen (secondary N) is 1. The van der Waals surface area contributed by atoms with Gasteiger partial charge in [0.25, 0.3) is 5.56 Å². The molecule has 0 unspecified atom stereocenters. The highest BCUT2D eigenvalue weighted by Crippen LogP contribution is 2.36. The van der Waals surface area contributed by atoms with Crippen molar-refractivity contribution in [2.24, 2.45) is 5.92 Å². The van der Waals surface area contributed by atoms with Crippen LogP contribution in [-0.2, 0) is 23.8 Å². The second kappa shape index (κ2) is 9.76. The van der Waals surface area contributed by atoms with Crippen LogP contribution in [0.2, 0.25) is 0 Å². The van der Waals surface area contributed by atoms with E-state index in [4.69, 9.17) is 14.2 Å². The van der Waals surface area contributed by atoms with E-state index in [0.717, 1.165) is 0 Å². The molecule has 1 saturated heterocycles. The molecule has 1 aromatic heterocycles. The van der Waals surface area contributed by atoms with Crippen molar-refractivity contribution in [1.29, 1.82) is 0 Å². The minimum atomic E-state index is -1.01. The molecule has 0 aliphatic carbocycles. The third-order valence-corrected chi connectivity index (χ3v) is 4.67. The van der Waals surface area contributed by atoms with Gasteiger partial charge in [-0.1, -0.05) is 0 Å². The number of rotatable bonds is 9. The number of aliphatic hydroxyl groups excluding tert-OH is 1. The summed E-state index contributed by atoms with van der Waals surface area (Å²) in [5.74, 6) is -1.20. The second-order valence-corrected chi connectivity index (χ2v) is 6.86. The lowest BCUT2D eigenvalue weighted by Crippen LogP contribution is -2.36. The van der Waals surface area contributed by atoms with Gasteiger partial charge in [-0.25, -0.2) is 4.79 Å². The van der Waals surface area contributed by atoms with Gasteiger partial charge in [-0.05, 0) is 20.3 Å². The zero-order chi connectivity index (χ0) is 20.8. The Balaban J connectivity index is 2.15. The first-order valence-corrected chi connectivity index (χ1v) is 9.04. The number of methoxy groups -OCH3 is 1. The highest BCUT2D eigenvalue weighted by atomic mass is 16.6. The molecule has 0 spiro atoms. The molecule has 1 aliphatic rings. The van der Waals surface area contributed by atoms with Gasteiger partial charge in [0.05, 0.1) is 12.5 Å². The van der Waals surface area contributed by atoms with E-state index in [9.17, 15) is 24.3 Å². The molecule has 4 atom stereocenters. The fourth-order valence-electron chi connectivity index (χ4n) is 3.08. The number of aromatic amines is 1. The number of nitrogens with zero attached hydrogens (tertiary/aromatic N) is 1. The van der Waals surface area contributed by atoms with Crippen molar-refractivity contribution in [3.05, 3.63) is 32.6 Å². The summed E-state index contributed by atoms with van der Waals surface area (Å²) in [6.45, 7) is 3.05. The van der Waals surface area contributed by atoms with Crippen LogP contribution in [0.4, 0.5) is 0 Å². The molecule has 2 heterocycles. The van der Waals surface area contributed by atoms with E-state index in [2.05, 4.69) is 4.98 Å². The first kappa shape index (κ1) is 22.0. The lowest BCUT2D eigenvalue weighted by molar-refractivity contribution is -0.151. The van der Waals surface area contributed by atoms with Gasteiger partial charge in [0, 0.05) is 37.8 Å². The molecule has 0 saturated carbocycles. The fourth-order valence-corrected chi connectivity index (χ4v) is 3.08. The van der Waals surface area contributed by atoms with Crippen molar-refractivity contribution in [2.75, 3.05) is 20.3 Å². The summed E-state index contributed by atoms with van der Waals surface area (Å²) in [6, 6.07) is 0. The lowest BCUT2D eigenvalue weighted by Gasteiger charge is -2.21. The van der Waals surface area contributed by atoms with Crippen molar-refractivity contribution in [3.8, 4) is 0 Å². The largest absolute Gasteiger partial charge is 0.463 e. The Hall–Kier alpha value is -2.30. The van der Waals surface area contributed by atoms with Crippen LogP contribution in [0.5, 0.6) is 0 Å². The lowest BCUT2D eigenvalue weighted by atomic mass is 9.96. The first-order valence-electron chi connectivity index (χ1n) is 9.04. The molecule has 2 rings (SSSR count). The molecule has 10 heteroatoms. The summed E-state index contributed by atoms with van der Waals surface area (Å²) in [5.41, 5.74) is -0.833. The topological polar surface area (TPSA) is 137 Å². The van der Waals surface area contributed by atoms with Crippen LogP contribution in [0.25, 0.3) is 0 Å². The molecule has 1 aromatic rings. The van der Waals surface area contributed by atoms with Crippen LogP contribution in [0.15, 0.2) is 15.8 Å². The standard InChI is InChI=1S/C18H26N2O8/c1-10-8-20(18(25)19-16(10)24)17-12(6-7-26-3)15(23)13(28-17)9-27-14(22)5-4-11(2)21/h8,12-13,15,17,23H,4-7,9H2,1-3H3,(H,19,24,25)/t12-,13-,15+,17-/m1/s1. The number of ketones is 1. The normalized spacial score (nSPS) is 24.3. The van der Waals surface area contributed by atoms with Crippen LogP contribution < -0.4 is 11.2 Å². The first-order chi connectivity index (χ1) is 13.2. The van der Waals surface area contributed by atoms with E-state index in [1.807, 2.05) is 0 Å². The zero-order valence-electron chi connectivity index (χ0n) is 16.2. The van der Waals surface area contributed by atoms with Gasteiger partial charge in [-0.3, -0.25) is 19.1 Å². The number of hydrogen-bond donors (Lipinski definition) is 2. The van der Waals surface area contributed by atoms with Gasteiger partial charge in [0.15, 0.2) is 0 Å². The molecule has 10 nitrogen and oxygen atoms in total. The monoisotopic (exact) mass is 398 g/mol. The minimum Gasteiger partial charge on any atom is -0.463 e. The molecule has 1 fully saturated rings. The number of aryl methyl sites for hydroxylation is 1. The predicted molar refractivity (Wildman–Crippen MR) is 96.8 cm³/mol. The van der Waals surface area contributed by atoms with Crippen molar-refractivity contribution in [1.82, 2.24) is 9.55 Å². The molecular formula is C18H26N2O8. The van der Waals surface area contributed by atoms with Gasteiger partial charge >= 0.3 is 11.7 Å². The number of H-pyrrole nitrogens is 1. The number of Topliss-reactive ketones (excluding diaryl/α,β-unsaturated/α-hetero) is 1.